The molecule has 0 heterocycles. The van der Waals surface area contributed by atoms with Crippen LogP contribution in [0.15, 0.2) is 206 Å². The van der Waals surface area contributed by atoms with Gasteiger partial charge >= 0.3 is 0 Å². The van der Waals surface area contributed by atoms with Gasteiger partial charge < -0.3 is 9.80 Å². The van der Waals surface area contributed by atoms with Crippen molar-refractivity contribution < 1.29 is 0 Å². The van der Waals surface area contributed by atoms with Crippen LogP contribution in [0.2, 0.25) is 0 Å². The van der Waals surface area contributed by atoms with Crippen molar-refractivity contribution in [2.75, 3.05) is 9.80 Å². The first-order valence-corrected chi connectivity index (χ1v) is 17.6. The van der Waals surface area contributed by atoms with Gasteiger partial charge in [0.15, 0.2) is 0 Å². The number of anilines is 6. The van der Waals surface area contributed by atoms with Crippen molar-refractivity contribution >= 4 is 34.1 Å². The summed E-state index contributed by atoms with van der Waals surface area (Å²) >= 11 is 0. The molecule has 0 bridgehead atoms. The number of rotatable bonds is 8. The Morgan fingerprint density at radius 3 is 0.843 bits per heavy atom. The summed E-state index contributed by atoms with van der Waals surface area (Å²) in [6, 6.07) is 74.1. The Morgan fingerprint density at radius 2 is 0.529 bits per heavy atom. The zero-order chi connectivity index (χ0) is 34.0. The minimum Gasteiger partial charge on any atom is -0.311 e. The van der Waals surface area contributed by atoms with Gasteiger partial charge in [0.1, 0.15) is 0 Å². The normalized spacial score (nSPS) is 11.5. The molecular formula is C49H36N2. The van der Waals surface area contributed by atoms with Crippen LogP contribution in [0.4, 0.5) is 34.1 Å². The Hall–Kier alpha value is -6.64. The van der Waals surface area contributed by atoms with E-state index in [0.29, 0.717) is 0 Å². The van der Waals surface area contributed by atoms with Crippen molar-refractivity contribution in [2.24, 2.45) is 0 Å². The minimum atomic E-state index is 0.939. The van der Waals surface area contributed by atoms with Gasteiger partial charge in [-0.05, 0) is 124 Å². The van der Waals surface area contributed by atoms with Crippen LogP contribution in [-0.2, 0) is 6.42 Å². The van der Waals surface area contributed by atoms with Gasteiger partial charge in [0.05, 0.1) is 0 Å². The third kappa shape index (κ3) is 5.98. The van der Waals surface area contributed by atoms with Crippen molar-refractivity contribution in [3.63, 3.8) is 0 Å². The second kappa shape index (κ2) is 13.3. The average Bonchev–Trinajstić information content (AvgIpc) is 3.58. The summed E-state index contributed by atoms with van der Waals surface area (Å²) in [5.74, 6) is 0. The Balaban J connectivity index is 0.963. The standard InChI is InChI=1S/C49H36N2/c1-5-13-42(14-6-1)50(43-15-7-2-8-16-43)46-27-21-36(22-28-46)38-25-31-48-40(33-38)35-41-34-39(26-32-49(41)48)37-23-29-47(30-24-37)51(44-17-9-3-10-18-44)45-19-11-4-12-20-45/h1-34H,35H2. The summed E-state index contributed by atoms with van der Waals surface area (Å²) in [5, 5.41) is 0. The van der Waals surface area contributed by atoms with Gasteiger partial charge in [0.25, 0.3) is 0 Å². The molecule has 0 aliphatic heterocycles. The van der Waals surface area contributed by atoms with Crippen molar-refractivity contribution in [1.82, 2.24) is 0 Å². The fourth-order valence-corrected chi connectivity index (χ4v) is 7.38. The van der Waals surface area contributed by atoms with E-state index in [1.54, 1.807) is 0 Å². The molecule has 0 spiro atoms. The maximum Gasteiger partial charge on any atom is 0.0462 e. The summed E-state index contributed by atoms with van der Waals surface area (Å²) in [6.07, 6.45) is 0.939. The smallest absolute Gasteiger partial charge is 0.0462 e. The van der Waals surface area contributed by atoms with E-state index in [0.717, 1.165) is 40.5 Å². The lowest BCUT2D eigenvalue weighted by molar-refractivity contribution is 1.26. The number of fused-ring (bicyclic) bond motifs is 3. The topological polar surface area (TPSA) is 6.48 Å². The highest BCUT2D eigenvalue weighted by Crippen LogP contribution is 2.42. The molecule has 2 nitrogen and oxygen atoms in total. The SMILES string of the molecule is c1ccc(N(c2ccccc2)c2ccc(-c3ccc4c(c3)Cc3cc(-c5ccc(N(c6ccccc6)c6ccccc6)cc5)ccc3-4)cc2)cc1. The number of para-hydroxylation sites is 4. The van der Waals surface area contributed by atoms with E-state index in [-0.39, 0.29) is 0 Å². The molecule has 242 valence electrons. The summed E-state index contributed by atoms with van der Waals surface area (Å²) < 4.78 is 0. The quantitative estimate of drug-likeness (QED) is 0.161. The van der Waals surface area contributed by atoms with Crippen LogP contribution in [0, 0.1) is 0 Å². The molecular weight excluding hydrogens is 617 g/mol. The highest BCUT2D eigenvalue weighted by Gasteiger charge is 2.20. The van der Waals surface area contributed by atoms with Crippen molar-refractivity contribution in [3.05, 3.63) is 217 Å². The maximum absolute atomic E-state index is 2.38. The molecule has 1 aliphatic carbocycles. The number of hydrogen-bond donors (Lipinski definition) is 0. The van der Waals surface area contributed by atoms with Gasteiger partial charge in [-0.1, -0.05) is 133 Å². The highest BCUT2D eigenvalue weighted by molar-refractivity contribution is 5.84. The van der Waals surface area contributed by atoms with Gasteiger partial charge in [-0.25, -0.2) is 0 Å². The number of nitrogens with zero attached hydrogens (tertiary/aromatic N) is 2. The molecule has 8 aromatic rings. The fraction of sp³-hybridized carbons (Fsp3) is 0.0204. The summed E-state index contributed by atoms with van der Waals surface area (Å²) in [4.78, 5) is 4.60. The Labute approximate surface area is 300 Å². The molecule has 0 atom stereocenters. The monoisotopic (exact) mass is 652 g/mol. The lowest BCUT2D eigenvalue weighted by atomic mass is 9.98. The second-order valence-electron chi connectivity index (χ2n) is 13.0. The largest absolute Gasteiger partial charge is 0.311 e. The van der Waals surface area contributed by atoms with E-state index in [2.05, 4.69) is 216 Å². The van der Waals surface area contributed by atoms with Crippen molar-refractivity contribution in [2.45, 2.75) is 6.42 Å². The summed E-state index contributed by atoms with van der Waals surface area (Å²) in [5.41, 5.74) is 17.2. The maximum atomic E-state index is 2.38. The lowest BCUT2D eigenvalue weighted by Crippen LogP contribution is -2.09. The molecule has 9 rings (SSSR count). The van der Waals surface area contributed by atoms with E-state index in [1.807, 2.05) is 0 Å². The van der Waals surface area contributed by atoms with Gasteiger partial charge in [0, 0.05) is 34.1 Å². The molecule has 0 unspecified atom stereocenters. The lowest BCUT2D eigenvalue weighted by Gasteiger charge is -2.25. The van der Waals surface area contributed by atoms with E-state index >= 15 is 0 Å². The van der Waals surface area contributed by atoms with Crippen LogP contribution >= 0.6 is 0 Å². The highest BCUT2D eigenvalue weighted by atomic mass is 15.1. The van der Waals surface area contributed by atoms with Crippen LogP contribution < -0.4 is 9.80 Å². The van der Waals surface area contributed by atoms with E-state index in [9.17, 15) is 0 Å². The molecule has 0 saturated carbocycles. The molecule has 2 heteroatoms. The van der Waals surface area contributed by atoms with Crippen LogP contribution in [0.3, 0.4) is 0 Å². The second-order valence-corrected chi connectivity index (χ2v) is 13.0. The molecule has 51 heavy (non-hydrogen) atoms. The van der Waals surface area contributed by atoms with Crippen LogP contribution in [-0.4, -0.2) is 0 Å². The number of benzene rings is 8. The molecule has 8 aromatic carbocycles. The van der Waals surface area contributed by atoms with Gasteiger partial charge in [-0.3, -0.25) is 0 Å². The first kappa shape index (κ1) is 30.4. The Kier molecular flexibility index (Phi) is 7.96. The van der Waals surface area contributed by atoms with Crippen LogP contribution in [0.5, 0.6) is 0 Å². The minimum absolute atomic E-state index is 0.939. The van der Waals surface area contributed by atoms with Gasteiger partial charge in [-0.2, -0.15) is 0 Å². The zero-order valence-corrected chi connectivity index (χ0v) is 28.2. The number of hydrogen-bond acceptors (Lipinski definition) is 2. The molecule has 1 aliphatic rings. The fourth-order valence-electron chi connectivity index (χ4n) is 7.38. The predicted molar refractivity (Wildman–Crippen MR) is 215 cm³/mol. The molecule has 0 radical (unpaired) electrons. The molecule has 0 N–H and O–H groups in total. The third-order valence-electron chi connectivity index (χ3n) is 9.86. The van der Waals surface area contributed by atoms with Crippen molar-refractivity contribution in [1.29, 1.82) is 0 Å². The third-order valence-corrected chi connectivity index (χ3v) is 9.86. The first-order chi connectivity index (χ1) is 25.3. The van der Waals surface area contributed by atoms with Crippen LogP contribution in [0.25, 0.3) is 33.4 Å². The van der Waals surface area contributed by atoms with E-state index in [1.165, 1.54) is 44.5 Å². The van der Waals surface area contributed by atoms with Gasteiger partial charge in [-0.15, -0.1) is 0 Å². The van der Waals surface area contributed by atoms with E-state index in [4.69, 9.17) is 0 Å². The average molecular weight is 653 g/mol. The first-order valence-electron chi connectivity index (χ1n) is 17.6. The summed E-state index contributed by atoms with van der Waals surface area (Å²) in [6.45, 7) is 0. The Morgan fingerprint density at radius 1 is 0.255 bits per heavy atom. The summed E-state index contributed by atoms with van der Waals surface area (Å²) in [7, 11) is 0. The van der Waals surface area contributed by atoms with Crippen molar-refractivity contribution in [3.8, 4) is 33.4 Å². The molecule has 0 fully saturated rings. The molecule has 0 amide bonds. The van der Waals surface area contributed by atoms with E-state index < -0.39 is 0 Å². The van der Waals surface area contributed by atoms with Gasteiger partial charge in [0.2, 0.25) is 0 Å². The molecule has 0 aromatic heterocycles. The Bertz CT molecular complexity index is 2150. The zero-order valence-electron chi connectivity index (χ0n) is 28.2. The molecule has 0 saturated heterocycles. The predicted octanol–water partition coefficient (Wildman–Crippen LogP) is 13.5. The van der Waals surface area contributed by atoms with Crippen LogP contribution in [0.1, 0.15) is 11.1 Å².